The summed E-state index contributed by atoms with van der Waals surface area (Å²) in [6, 6.07) is 22.0. The average Bonchev–Trinajstić information content (AvgIpc) is 2.82. The highest BCUT2D eigenvalue weighted by molar-refractivity contribution is 6.30. The summed E-state index contributed by atoms with van der Waals surface area (Å²) in [5.41, 5.74) is 2.88. The fourth-order valence-electron chi connectivity index (χ4n) is 3.99. The number of anilines is 1. The number of hydrogen-bond acceptors (Lipinski definition) is 4. The second-order valence-electron chi connectivity index (χ2n) is 8.03. The van der Waals surface area contributed by atoms with Crippen molar-refractivity contribution in [3.05, 3.63) is 88.6 Å². The third-order valence-corrected chi connectivity index (χ3v) is 6.05. The molecule has 0 aliphatic carbocycles. The van der Waals surface area contributed by atoms with Gasteiger partial charge in [-0.3, -0.25) is 4.79 Å². The van der Waals surface area contributed by atoms with Crippen molar-refractivity contribution in [1.29, 1.82) is 0 Å². The molecule has 5 nitrogen and oxygen atoms in total. The molecule has 1 fully saturated rings. The van der Waals surface area contributed by atoms with E-state index >= 15 is 0 Å². The number of nitrogens with one attached hydrogen (secondary N) is 1. The van der Waals surface area contributed by atoms with Crippen molar-refractivity contribution in [3.63, 3.8) is 0 Å². The zero-order chi connectivity index (χ0) is 21.5. The molecule has 6 heteroatoms. The number of benzene rings is 2. The van der Waals surface area contributed by atoms with Crippen molar-refractivity contribution in [1.82, 2.24) is 15.5 Å². The van der Waals surface area contributed by atoms with Gasteiger partial charge in [0.15, 0.2) is 11.5 Å². The fraction of sp³-hybridized carbons (Fsp3) is 0.320. The maximum absolute atomic E-state index is 12.3. The molecule has 1 N–H and O–H groups in total. The van der Waals surface area contributed by atoms with Gasteiger partial charge >= 0.3 is 0 Å². The van der Waals surface area contributed by atoms with E-state index < -0.39 is 0 Å². The zero-order valence-corrected chi connectivity index (χ0v) is 18.3. The van der Waals surface area contributed by atoms with Crippen LogP contribution in [0.25, 0.3) is 0 Å². The van der Waals surface area contributed by atoms with Crippen LogP contribution in [-0.4, -0.2) is 35.7 Å². The summed E-state index contributed by atoms with van der Waals surface area (Å²) in [6.07, 6.45) is 4.16. The molecule has 0 saturated carbocycles. The lowest BCUT2D eigenvalue weighted by Gasteiger charge is -2.32. The molecule has 1 amide bonds. The molecule has 1 aromatic heterocycles. The van der Waals surface area contributed by atoms with Crippen LogP contribution in [0.1, 0.15) is 34.5 Å². The van der Waals surface area contributed by atoms with Crippen molar-refractivity contribution >= 4 is 23.3 Å². The van der Waals surface area contributed by atoms with Crippen LogP contribution in [0.3, 0.4) is 0 Å². The minimum Gasteiger partial charge on any atom is -0.355 e. The molecule has 2 aromatic carbocycles. The van der Waals surface area contributed by atoms with E-state index in [1.807, 2.05) is 30.3 Å². The molecule has 1 aliphatic heterocycles. The van der Waals surface area contributed by atoms with Crippen molar-refractivity contribution in [2.75, 3.05) is 24.5 Å². The zero-order valence-electron chi connectivity index (χ0n) is 17.5. The van der Waals surface area contributed by atoms with Crippen LogP contribution in [0, 0.1) is 5.92 Å². The fourth-order valence-corrected chi connectivity index (χ4v) is 4.12. The summed E-state index contributed by atoms with van der Waals surface area (Å²) in [4.78, 5) is 14.6. The van der Waals surface area contributed by atoms with Gasteiger partial charge in [-0.15, -0.1) is 10.2 Å². The molecule has 0 spiro atoms. The normalized spacial score (nSPS) is 14.4. The van der Waals surface area contributed by atoms with E-state index in [-0.39, 0.29) is 5.91 Å². The second kappa shape index (κ2) is 10.4. The minimum atomic E-state index is -0.199. The number of piperidine rings is 1. The van der Waals surface area contributed by atoms with E-state index in [9.17, 15) is 4.79 Å². The number of hydrogen-bond donors (Lipinski definition) is 1. The van der Waals surface area contributed by atoms with Crippen molar-refractivity contribution in [2.45, 2.75) is 25.7 Å². The Hall–Kier alpha value is -2.92. The molecule has 4 rings (SSSR count). The van der Waals surface area contributed by atoms with Crippen LogP contribution in [-0.2, 0) is 12.8 Å². The molecule has 0 atom stereocenters. The average molecular weight is 435 g/mol. The first-order chi connectivity index (χ1) is 15.2. The predicted octanol–water partition coefficient (Wildman–Crippen LogP) is 4.56. The number of carbonyl (C=O) groups excluding carboxylic acids is 1. The molecule has 31 heavy (non-hydrogen) atoms. The summed E-state index contributed by atoms with van der Waals surface area (Å²) in [5.74, 6) is 1.35. The smallest absolute Gasteiger partial charge is 0.271 e. The largest absolute Gasteiger partial charge is 0.355 e. The maximum atomic E-state index is 12.3. The van der Waals surface area contributed by atoms with Gasteiger partial charge in [0.05, 0.1) is 0 Å². The highest BCUT2D eigenvalue weighted by Gasteiger charge is 2.21. The van der Waals surface area contributed by atoms with Gasteiger partial charge in [-0.05, 0) is 67.0 Å². The third kappa shape index (κ3) is 6.05. The number of aromatic nitrogens is 2. The van der Waals surface area contributed by atoms with Gasteiger partial charge in [0, 0.05) is 24.7 Å². The first-order valence-corrected chi connectivity index (χ1v) is 11.2. The molecule has 1 saturated heterocycles. The van der Waals surface area contributed by atoms with E-state index in [1.165, 1.54) is 5.56 Å². The quantitative estimate of drug-likeness (QED) is 0.592. The lowest BCUT2D eigenvalue weighted by Crippen LogP contribution is -2.35. The van der Waals surface area contributed by atoms with E-state index in [2.05, 4.69) is 50.7 Å². The number of carbonyl (C=O) groups is 1. The Balaban J connectivity index is 1.23. The van der Waals surface area contributed by atoms with Gasteiger partial charge in [-0.1, -0.05) is 54.1 Å². The van der Waals surface area contributed by atoms with Crippen LogP contribution in [0.15, 0.2) is 66.7 Å². The monoisotopic (exact) mass is 434 g/mol. The number of amides is 1. The van der Waals surface area contributed by atoms with Crippen LogP contribution in [0.2, 0.25) is 5.02 Å². The molecular weight excluding hydrogens is 408 g/mol. The molecule has 0 radical (unpaired) electrons. The van der Waals surface area contributed by atoms with Crippen molar-refractivity contribution in [3.8, 4) is 0 Å². The Bertz CT molecular complexity index is 969. The van der Waals surface area contributed by atoms with E-state index in [1.54, 1.807) is 6.07 Å². The van der Waals surface area contributed by atoms with Crippen molar-refractivity contribution in [2.24, 2.45) is 5.92 Å². The standard InChI is InChI=1S/C25H27ClN4O/c26-22-8-6-19(7-9-22)12-15-27-25(31)23-10-11-24(29-28-23)30-16-13-21(14-17-30)18-20-4-2-1-3-5-20/h1-11,21H,12-18H2,(H,27,31). The van der Waals surface area contributed by atoms with Gasteiger partial charge < -0.3 is 10.2 Å². The first-order valence-electron chi connectivity index (χ1n) is 10.8. The lowest BCUT2D eigenvalue weighted by molar-refractivity contribution is 0.0948. The molecule has 0 unspecified atom stereocenters. The Labute approximate surface area is 188 Å². The molecule has 1 aliphatic rings. The number of halogens is 1. The number of nitrogens with zero attached hydrogens (tertiary/aromatic N) is 3. The Morgan fingerprint density at radius 2 is 1.68 bits per heavy atom. The minimum absolute atomic E-state index is 0.199. The van der Waals surface area contributed by atoms with E-state index in [4.69, 9.17) is 11.6 Å². The number of rotatable bonds is 7. The molecule has 3 aromatic rings. The summed E-state index contributed by atoms with van der Waals surface area (Å²) in [7, 11) is 0. The van der Waals surface area contributed by atoms with Crippen LogP contribution >= 0.6 is 11.6 Å². The third-order valence-electron chi connectivity index (χ3n) is 5.80. The van der Waals surface area contributed by atoms with E-state index in [0.29, 0.717) is 23.2 Å². The predicted molar refractivity (Wildman–Crippen MR) is 125 cm³/mol. The van der Waals surface area contributed by atoms with Crippen LogP contribution < -0.4 is 10.2 Å². The van der Waals surface area contributed by atoms with Crippen LogP contribution in [0.5, 0.6) is 0 Å². The molecule has 0 bridgehead atoms. The summed E-state index contributed by atoms with van der Waals surface area (Å²) in [5, 5.41) is 12.1. The Kier molecular flexibility index (Phi) is 7.15. The highest BCUT2D eigenvalue weighted by Crippen LogP contribution is 2.24. The summed E-state index contributed by atoms with van der Waals surface area (Å²) >= 11 is 5.90. The highest BCUT2D eigenvalue weighted by atomic mass is 35.5. The topological polar surface area (TPSA) is 58.1 Å². The maximum Gasteiger partial charge on any atom is 0.271 e. The molecular formula is C25H27ClN4O. The molecule has 2 heterocycles. The summed E-state index contributed by atoms with van der Waals surface area (Å²) < 4.78 is 0. The first kappa shape index (κ1) is 21.3. The Morgan fingerprint density at radius 3 is 2.35 bits per heavy atom. The lowest BCUT2D eigenvalue weighted by atomic mass is 9.90. The Morgan fingerprint density at radius 1 is 0.935 bits per heavy atom. The van der Waals surface area contributed by atoms with Gasteiger partial charge in [-0.2, -0.15) is 0 Å². The summed E-state index contributed by atoms with van der Waals surface area (Å²) in [6.45, 7) is 2.48. The van der Waals surface area contributed by atoms with Crippen molar-refractivity contribution < 1.29 is 4.79 Å². The van der Waals surface area contributed by atoms with Gasteiger partial charge in [0.1, 0.15) is 0 Å². The molecule has 160 valence electrons. The van der Waals surface area contributed by atoms with Gasteiger partial charge in [-0.25, -0.2) is 0 Å². The van der Waals surface area contributed by atoms with Gasteiger partial charge in [0.25, 0.3) is 5.91 Å². The second-order valence-corrected chi connectivity index (χ2v) is 8.47. The van der Waals surface area contributed by atoms with Crippen LogP contribution in [0.4, 0.5) is 5.82 Å². The van der Waals surface area contributed by atoms with E-state index in [0.717, 1.165) is 50.2 Å². The van der Waals surface area contributed by atoms with Gasteiger partial charge in [0.2, 0.25) is 0 Å². The SMILES string of the molecule is O=C(NCCc1ccc(Cl)cc1)c1ccc(N2CCC(Cc3ccccc3)CC2)nn1.